The van der Waals surface area contributed by atoms with Gasteiger partial charge < -0.3 is 0 Å². The lowest BCUT2D eigenvalue weighted by Crippen LogP contribution is -2.28. The number of alkyl halides is 2. The zero-order valence-corrected chi connectivity index (χ0v) is 7.90. The first kappa shape index (κ1) is 10.1. The smallest absolute Gasteiger partial charge is 0.288 e. The van der Waals surface area contributed by atoms with Crippen LogP contribution in [-0.2, 0) is 4.79 Å². The van der Waals surface area contributed by atoms with Gasteiger partial charge in [0.2, 0.25) is 5.78 Å². The largest absolute Gasteiger partial charge is 0.327 e. The molecular weight excluding hydrogens is 174 g/mol. The molecule has 0 saturated carbocycles. The van der Waals surface area contributed by atoms with E-state index in [9.17, 15) is 13.6 Å². The first-order chi connectivity index (χ1) is 5.73. The van der Waals surface area contributed by atoms with Crippen molar-refractivity contribution in [2.75, 3.05) is 0 Å². The third-order valence-corrected chi connectivity index (χ3v) is 1.95. The van der Waals surface area contributed by atoms with E-state index in [4.69, 9.17) is 0 Å². The van der Waals surface area contributed by atoms with Crippen molar-refractivity contribution in [2.45, 2.75) is 26.7 Å². The molecule has 0 fully saturated rings. The van der Waals surface area contributed by atoms with E-state index in [1.54, 1.807) is 0 Å². The van der Waals surface area contributed by atoms with E-state index in [0.717, 1.165) is 6.08 Å². The summed E-state index contributed by atoms with van der Waals surface area (Å²) in [6.07, 6.45) is 3.01. The fourth-order valence-electron chi connectivity index (χ4n) is 1.03. The molecule has 0 radical (unpaired) electrons. The number of rotatable bonds is 0. The van der Waals surface area contributed by atoms with Gasteiger partial charge in [0.15, 0.2) is 0 Å². The highest BCUT2D eigenvalue weighted by Crippen LogP contribution is 2.32. The second-order valence-electron chi connectivity index (χ2n) is 4.17. The maximum Gasteiger partial charge on any atom is 0.327 e. The van der Waals surface area contributed by atoms with Crippen molar-refractivity contribution in [1.29, 1.82) is 0 Å². The van der Waals surface area contributed by atoms with Crippen LogP contribution in [0.4, 0.5) is 8.78 Å². The molecule has 1 aliphatic carbocycles. The second kappa shape index (κ2) is 2.76. The summed E-state index contributed by atoms with van der Waals surface area (Å²) in [7, 11) is 0. The van der Waals surface area contributed by atoms with Crippen molar-refractivity contribution in [3.8, 4) is 0 Å². The molecule has 0 aromatic heterocycles. The summed E-state index contributed by atoms with van der Waals surface area (Å²) in [5.41, 5.74) is 0.381. The average molecular weight is 186 g/mol. The molecule has 0 heterocycles. The Morgan fingerprint density at radius 1 is 1.31 bits per heavy atom. The van der Waals surface area contributed by atoms with E-state index in [1.165, 1.54) is 6.08 Å². The van der Waals surface area contributed by atoms with Crippen LogP contribution in [-0.4, -0.2) is 11.7 Å². The molecule has 0 aromatic carbocycles. The maximum atomic E-state index is 12.7. The van der Waals surface area contributed by atoms with Crippen LogP contribution in [0.5, 0.6) is 0 Å². The summed E-state index contributed by atoms with van der Waals surface area (Å²) in [6, 6.07) is 0. The summed E-state index contributed by atoms with van der Waals surface area (Å²) < 4.78 is 25.4. The zero-order valence-electron chi connectivity index (χ0n) is 7.90. The Hall–Kier alpha value is -0.990. The van der Waals surface area contributed by atoms with E-state index < -0.39 is 11.7 Å². The van der Waals surface area contributed by atoms with Crippen molar-refractivity contribution in [1.82, 2.24) is 0 Å². The lowest BCUT2D eigenvalue weighted by molar-refractivity contribution is -0.132. The first-order valence-corrected chi connectivity index (χ1v) is 4.07. The molecule has 0 aliphatic heterocycles. The van der Waals surface area contributed by atoms with Gasteiger partial charge in [0.1, 0.15) is 0 Å². The van der Waals surface area contributed by atoms with Gasteiger partial charge in [-0.25, -0.2) is 0 Å². The second-order valence-corrected chi connectivity index (χ2v) is 4.17. The number of allylic oxidation sites excluding steroid dienone is 4. The number of carbonyl (C=O) groups is 1. The minimum absolute atomic E-state index is 0.261. The van der Waals surface area contributed by atoms with Gasteiger partial charge in [-0.15, -0.1) is 0 Å². The highest BCUT2D eigenvalue weighted by atomic mass is 19.3. The van der Waals surface area contributed by atoms with Crippen LogP contribution in [0.25, 0.3) is 0 Å². The minimum Gasteiger partial charge on any atom is -0.288 e. The molecule has 1 nitrogen and oxygen atoms in total. The number of hydrogen-bond acceptors (Lipinski definition) is 1. The normalized spacial score (nSPS) is 21.6. The molecule has 13 heavy (non-hydrogen) atoms. The van der Waals surface area contributed by atoms with Gasteiger partial charge in [-0.3, -0.25) is 4.79 Å². The molecule has 1 rings (SSSR count). The van der Waals surface area contributed by atoms with Gasteiger partial charge in [0.25, 0.3) is 0 Å². The van der Waals surface area contributed by atoms with Gasteiger partial charge in [-0.05, 0) is 23.1 Å². The number of halogens is 2. The number of ketones is 1. The van der Waals surface area contributed by atoms with E-state index in [0.29, 0.717) is 11.6 Å². The molecular formula is C10H12F2O. The molecule has 0 aromatic rings. The molecule has 0 bridgehead atoms. The third-order valence-electron chi connectivity index (χ3n) is 1.95. The standard InChI is InChI=1S/C10H12F2O/c1-9(2,3)7-4-5-10(11,12)8(13)6-7/h4-6H,1-3H3. The Labute approximate surface area is 76.1 Å². The highest BCUT2D eigenvalue weighted by Gasteiger charge is 2.37. The van der Waals surface area contributed by atoms with Crippen LogP contribution in [0.2, 0.25) is 0 Å². The maximum absolute atomic E-state index is 12.7. The Bertz CT molecular complexity index is 293. The molecule has 3 heteroatoms. The van der Waals surface area contributed by atoms with E-state index in [-0.39, 0.29) is 5.41 Å². The number of carbonyl (C=O) groups excluding carboxylic acids is 1. The SMILES string of the molecule is CC(C)(C)C1=CC(=O)C(F)(F)C=C1. The van der Waals surface area contributed by atoms with E-state index in [1.807, 2.05) is 20.8 Å². The van der Waals surface area contributed by atoms with E-state index >= 15 is 0 Å². The van der Waals surface area contributed by atoms with Crippen molar-refractivity contribution in [3.63, 3.8) is 0 Å². The highest BCUT2D eigenvalue weighted by molar-refractivity contribution is 5.99. The van der Waals surface area contributed by atoms with Crippen molar-refractivity contribution in [3.05, 3.63) is 23.8 Å². The van der Waals surface area contributed by atoms with Crippen molar-refractivity contribution < 1.29 is 13.6 Å². The Kier molecular flexibility index (Phi) is 2.14. The zero-order chi connectivity index (χ0) is 10.3. The quantitative estimate of drug-likeness (QED) is 0.568. The predicted molar refractivity (Wildman–Crippen MR) is 46.6 cm³/mol. The van der Waals surface area contributed by atoms with Gasteiger partial charge in [0.05, 0.1) is 0 Å². The summed E-state index contributed by atoms with van der Waals surface area (Å²) in [6.45, 7) is 5.62. The van der Waals surface area contributed by atoms with Crippen LogP contribution in [0, 0.1) is 5.41 Å². The predicted octanol–water partition coefficient (Wildman–Crippen LogP) is 2.73. The van der Waals surface area contributed by atoms with Crippen LogP contribution in [0.15, 0.2) is 23.8 Å². The fourth-order valence-corrected chi connectivity index (χ4v) is 1.03. The molecule has 0 saturated heterocycles. The summed E-state index contributed by atoms with van der Waals surface area (Å²) in [5, 5.41) is 0. The van der Waals surface area contributed by atoms with Gasteiger partial charge in [0, 0.05) is 0 Å². The molecule has 0 N–H and O–H groups in total. The van der Waals surface area contributed by atoms with Crippen LogP contribution < -0.4 is 0 Å². The van der Waals surface area contributed by atoms with Gasteiger partial charge in [-0.1, -0.05) is 26.8 Å². The lowest BCUT2D eigenvalue weighted by Gasteiger charge is -2.24. The van der Waals surface area contributed by atoms with Crippen LogP contribution in [0.3, 0.4) is 0 Å². The summed E-state index contributed by atoms with van der Waals surface area (Å²) in [5.74, 6) is -4.44. The van der Waals surface area contributed by atoms with Crippen molar-refractivity contribution >= 4 is 5.78 Å². The van der Waals surface area contributed by atoms with Crippen LogP contribution >= 0.6 is 0 Å². The molecule has 1 aliphatic rings. The minimum atomic E-state index is -3.31. The van der Waals surface area contributed by atoms with Crippen LogP contribution in [0.1, 0.15) is 20.8 Å². The first-order valence-electron chi connectivity index (χ1n) is 4.07. The number of hydrogen-bond donors (Lipinski definition) is 0. The van der Waals surface area contributed by atoms with E-state index in [2.05, 4.69) is 0 Å². The van der Waals surface area contributed by atoms with Crippen molar-refractivity contribution in [2.24, 2.45) is 5.41 Å². The lowest BCUT2D eigenvalue weighted by atomic mass is 9.83. The van der Waals surface area contributed by atoms with Gasteiger partial charge >= 0.3 is 5.92 Å². The van der Waals surface area contributed by atoms with Gasteiger partial charge in [-0.2, -0.15) is 8.78 Å². The Balaban J connectivity index is 3.00. The Morgan fingerprint density at radius 3 is 2.23 bits per heavy atom. The monoisotopic (exact) mass is 186 g/mol. The summed E-state index contributed by atoms with van der Waals surface area (Å²) in [4.78, 5) is 10.9. The molecule has 72 valence electrons. The third kappa shape index (κ3) is 2.02. The topological polar surface area (TPSA) is 17.1 Å². The molecule has 0 spiro atoms. The average Bonchev–Trinajstić information content (AvgIpc) is 1.92. The molecule has 0 amide bonds. The summed E-state index contributed by atoms with van der Waals surface area (Å²) >= 11 is 0. The Morgan fingerprint density at radius 2 is 1.85 bits per heavy atom. The molecule has 0 unspecified atom stereocenters. The molecule has 0 atom stereocenters. The fraction of sp³-hybridized carbons (Fsp3) is 0.500.